The van der Waals surface area contributed by atoms with Crippen molar-refractivity contribution < 1.29 is 19.1 Å². The first-order chi connectivity index (χ1) is 12.5. The van der Waals surface area contributed by atoms with Gasteiger partial charge in [0.15, 0.2) is 0 Å². The van der Waals surface area contributed by atoms with Crippen LogP contribution in [-0.2, 0) is 9.53 Å². The predicted molar refractivity (Wildman–Crippen MR) is 96.8 cm³/mol. The highest BCUT2D eigenvalue weighted by molar-refractivity contribution is 5.97. The zero-order valence-corrected chi connectivity index (χ0v) is 14.8. The number of benzene rings is 2. The molecule has 6 heteroatoms. The average molecular weight is 354 g/mol. The van der Waals surface area contributed by atoms with E-state index in [1.807, 2.05) is 61.5 Å². The summed E-state index contributed by atoms with van der Waals surface area (Å²) in [6, 6.07) is 15.4. The van der Waals surface area contributed by atoms with E-state index in [2.05, 4.69) is 0 Å². The highest BCUT2D eigenvalue weighted by Crippen LogP contribution is 2.30. The van der Waals surface area contributed by atoms with Gasteiger partial charge in [-0.3, -0.25) is 4.79 Å². The van der Waals surface area contributed by atoms with Crippen molar-refractivity contribution in [2.45, 2.75) is 24.9 Å². The molecule has 2 aromatic carbocycles. The zero-order valence-electron chi connectivity index (χ0n) is 14.8. The van der Waals surface area contributed by atoms with Crippen LogP contribution in [0.15, 0.2) is 54.6 Å². The second kappa shape index (κ2) is 7.58. The minimum atomic E-state index is -0.861. The number of ether oxygens (including phenoxy) is 2. The number of carbonyl (C=O) groups is 2. The Balaban J connectivity index is 1.80. The monoisotopic (exact) mass is 354 g/mol. The first kappa shape index (κ1) is 17.9. The molecular weight excluding hydrogens is 332 g/mol. The number of rotatable bonds is 5. The quantitative estimate of drug-likeness (QED) is 0.893. The maximum Gasteiger partial charge on any atom is 0.417 e. The molecule has 1 saturated heterocycles. The van der Waals surface area contributed by atoms with E-state index in [0.717, 1.165) is 21.8 Å². The largest absolute Gasteiger partial charge is 0.497 e. The minimum Gasteiger partial charge on any atom is -0.497 e. The molecule has 2 amide bonds. The smallest absolute Gasteiger partial charge is 0.417 e. The lowest BCUT2D eigenvalue weighted by molar-refractivity contribution is -0.131. The Bertz CT molecular complexity index is 776. The number of cyclic esters (lactones) is 1. The zero-order chi connectivity index (χ0) is 18.7. The number of amides is 2. The van der Waals surface area contributed by atoms with Crippen molar-refractivity contribution in [2.24, 2.45) is 5.73 Å². The van der Waals surface area contributed by atoms with Crippen LogP contribution in [0.1, 0.15) is 30.0 Å². The molecule has 0 aromatic heterocycles. The van der Waals surface area contributed by atoms with Gasteiger partial charge in [0.05, 0.1) is 13.2 Å². The Morgan fingerprint density at radius 3 is 2.46 bits per heavy atom. The summed E-state index contributed by atoms with van der Waals surface area (Å²) in [6.07, 6.45) is -0.652. The van der Waals surface area contributed by atoms with Crippen molar-refractivity contribution in [3.8, 4) is 5.75 Å². The fourth-order valence-corrected chi connectivity index (χ4v) is 3.07. The van der Waals surface area contributed by atoms with Gasteiger partial charge in [-0.25, -0.2) is 9.69 Å². The summed E-state index contributed by atoms with van der Waals surface area (Å²) in [6.45, 7) is 2.00. The van der Waals surface area contributed by atoms with E-state index in [1.165, 1.54) is 0 Å². The molecular formula is C20H22N2O4. The highest BCUT2D eigenvalue weighted by Gasteiger charge is 2.42. The third kappa shape index (κ3) is 3.41. The highest BCUT2D eigenvalue weighted by atomic mass is 16.6. The molecule has 1 unspecified atom stereocenters. The van der Waals surface area contributed by atoms with E-state index in [4.69, 9.17) is 15.2 Å². The van der Waals surface area contributed by atoms with Crippen molar-refractivity contribution in [1.29, 1.82) is 0 Å². The molecule has 6 nitrogen and oxygen atoms in total. The number of nitrogens with zero attached hydrogens (tertiary/aromatic N) is 1. The summed E-state index contributed by atoms with van der Waals surface area (Å²) in [4.78, 5) is 26.2. The van der Waals surface area contributed by atoms with Gasteiger partial charge in [0.1, 0.15) is 18.4 Å². The number of hydrogen-bond donors (Lipinski definition) is 1. The van der Waals surface area contributed by atoms with Crippen LogP contribution in [0.3, 0.4) is 0 Å². The van der Waals surface area contributed by atoms with E-state index in [1.54, 1.807) is 7.11 Å². The molecule has 1 fully saturated rings. The average Bonchev–Trinajstić information content (AvgIpc) is 3.08. The van der Waals surface area contributed by atoms with Crippen molar-refractivity contribution in [3.63, 3.8) is 0 Å². The van der Waals surface area contributed by atoms with Crippen molar-refractivity contribution in [2.75, 3.05) is 13.7 Å². The van der Waals surface area contributed by atoms with Crippen LogP contribution in [0.2, 0.25) is 0 Å². The molecule has 136 valence electrons. The maximum absolute atomic E-state index is 13.0. The Hall–Kier alpha value is -2.86. The van der Waals surface area contributed by atoms with E-state index < -0.39 is 24.1 Å². The van der Waals surface area contributed by atoms with Crippen molar-refractivity contribution in [3.05, 3.63) is 65.7 Å². The van der Waals surface area contributed by atoms with Gasteiger partial charge in [-0.15, -0.1) is 0 Å². The number of imide groups is 1. The first-order valence-corrected chi connectivity index (χ1v) is 8.47. The van der Waals surface area contributed by atoms with Crippen LogP contribution in [0.5, 0.6) is 5.75 Å². The minimum absolute atomic E-state index is 0.137. The van der Waals surface area contributed by atoms with Gasteiger partial charge in [0.2, 0.25) is 5.91 Å². The van der Waals surface area contributed by atoms with Crippen LogP contribution in [0, 0.1) is 0 Å². The SMILES string of the molecule is COc1ccc([C@H](C)C(N)C(=O)N2C(=O)OC[C@H]2c2ccccc2)cc1. The van der Waals surface area contributed by atoms with Gasteiger partial charge < -0.3 is 15.2 Å². The standard InChI is InChI=1S/C20H22N2O4/c1-13(14-8-10-16(25-2)11-9-14)18(21)19(23)22-17(12-26-20(22)24)15-6-4-3-5-7-15/h3-11,13,17-18H,12,21H2,1-2H3/t13-,17-,18?/m0/s1. The molecule has 1 heterocycles. The molecule has 0 saturated carbocycles. The van der Waals surface area contributed by atoms with Crippen molar-refractivity contribution in [1.82, 2.24) is 4.90 Å². The third-order valence-corrected chi connectivity index (χ3v) is 4.76. The normalized spacial score (nSPS) is 19.0. The predicted octanol–water partition coefficient (Wildman–Crippen LogP) is 2.85. The summed E-state index contributed by atoms with van der Waals surface area (Å²) < 4.78 is 10.3. The molecule has 1 aliphatic rings. The third-order valence-electron chi connectivity index (χ3n) is 4.76. The lowest BCUT2D eigenvalue weighted by atomic mass is 9.92. The molecule has 3 atom stereocenters. The van der Waals surface area contributed by atoms with Gasteiger partial charge in [-0.05, 0) is 23.3 Å². The summed E-state index contributed by atoms with van der Waals surface area (Å²) in [5.41, 5.74) is 7.96. The Labute approximate surface area is 152 Å². The van der Waals surface area contributed by atoms with Gasteiger partial charge in [-0.2, -0.15) is 0 Å². The Morgan fingerprint density at radius 2 is 1.85 bits per heavy atom. The second-order valence-corrected chi connectivity index (χ2v) is 6.30. The van der Waals surface area contributed by atoms with Crippen LogP contribution in [-0.4, -0.2) is 36.7 Å². The fourth-order valence-electron chi connectivity index (χ4n) is 3.07. The summed E-state index contributed by atoms with van der Waals surface area (Å²) in [5, 5.41) is 0. The van der Waals surface area contributed by atoms with E-state index in [0.29, 0.717) is 0 Å². The van der Waals surface area contributed by atoms with Gasteiger partial charge in [0, 0.05) is 5.92 Å². The lowest BCUT2D eigenvalue weighted by Crippen LogP contribution is -2.47. The van der Waals surface area contributed by atoms with Gasteiger partial charge in [-0.1, -0.05) is 49.4 Å². The molecule has 2 aromatic rings. The molecule has 26 heavy (non-hydrogen) atoms. The summed E-state index contributed by atoms with van der Waals surface area (Å²) >= 11 is 0. The first-order valence-electron chi connectivity index (χ1n) is 8.47. The Morgan fingerprint density at radius 1 is 1.19 bits per heavy atom. The fraction of sp³-hybridized carbons (Fsp3) is 0.300. The topological polar surface area (TPSA) is 81.9 Å². The number of methoxy groups -OCH3 is 1. The molecule has 1 aliphatic heterocycles. The summed E-state index contributed by atoms with van der Waals surface area (Å²) in [5.74, 6) is 0.0241. The second-order valence-electron chi connectivity index (χ2n) is 6.30. The molecule has 0 spiro atoms. The maximum atomic E-state index is 13.0. The van der Waals surface area contributed by atoms with Crippen molar-refractivity contribution >= 4 is 12.0 Å². The number of nitrogens with two attached hydrogens (primary N) is 1. The number of hydrogen-bond acceptors (Lipinski definition) is 5. The number of carbonyl (C=O) groups excluding carboxylic acids is 2. The Kier molecular flexibility index (Phi) is 5.23. The van der Waals surface area contributed by atoms with Crippen LogP contribution < -0.4 is 10.5 Å². The molecule has 0 aliphatic carbocycles. The molecule has 0 bridgehead atoms. The van der Waals surface area contributed by atoms with Gasteiger partial charge >= 0.3 is 6.09 Å². The van der Waals surface area contributed by atoms with Crippen LogP contribution in [0.4, 0.5) is 4.79 Å². The van der Waals surface area contributed by atoms with E-state index in [9.17, 15) is 9.59 Å². The molecule has 0 radical (unpaired) electrons. The van der Waals surface area contributed by atoms with Gasteiger partial charge in [0.25, 0.3) is 0 Å². The lowest BCUT2D eigenvalue weighted by Gasteiger charge is -2.26. The molecule has 3 rings (SSSR count). The summed E-state index contributed by atoms with van der Waals surface area (Å²) in [7, 11) is 1.59. The van der Waals surface area contributed by atoms with Crippen LogP contribution in [0.25, 0.3) is 0 Å². The molecule has 2 N–H and O–H groups in total. The van der Waals surface area contributed by atoms with E-state index in [-0.39, 0.29) is 12.5 Å². The van der Waals surface area contributed by atoms with E-state index >= 15 is 0 Å². The van der Waals surface area contributed by atoms with Crippen LogP contribution >= 0.6 is 0 Å².